The van der Waals surface area contributed by atoms with Crippen LogP contribution >= 0.6 is 8.53 Å². The van der Waals surface area contributed by atoms with E-state index < -0.39 is 75.4 Å². The van der Waals surface area contributed by atoms with Crippen molar-refractivity contribution in [2.24, 2.45) is 4.99 Å². The largest absolute Gasteiger partial charge is 0.355 e. The molecular weight excluding hydrogens is 978 g/mol. The van der Waals surface area contributed by atoms with Gasteiger partial charge in [0.15, 0.2) is 0 Å². The van der Waals surface area contributed by atoms with Crippen LogP contribution in [0.15, 0.2) is 23.2 Å². The third-order valence-electron chi connectivity index (χ3n) is 10.7. The van der Waals surface area contributed by atoms with Gasteiger partial charge in [0, 0.05) is 61.2 Å². The molecule has 5 N–H and O–H groups in total. The summed E-state index contributed by atoms with van der Waals surface area (Å²) in [5, 5.41) is 12.8. The van der Waals surface area contributed by atoms with E-state index in [1.165, 1.54) is 39.8 Å². The van der Waals surface area contributed by atoms with Crippen molar-refractivity contribution in [3.63, 3.8) is 0 Å². The fraction of sp³-hybridized carbons (Fsp3) is 0.647. The molecular formula is C51H82N9O13P. The van der Waals surface area contributed by atoms with Crippen LogP contribution in [0.25, 0.3) is 0 Å². The van der Waals surface area contributed by atoms with Crippen LogP contribution in [0.5, 0.6) is 0 Å². The lowest BCUT2D eigenvalue weighted by Crippen LogP contribution is -2.49. The van der Waals surface area contributed by atoms with Gasteiger partial charge in [-0.1, -0.05) is 25.7 Å². The van der Waals surface area contributed by atoms with Gasteiger partial charge in [0.25, 0.3) is 20.3 Å². The van der Waals surface area contributed by atoms with Gasteiger partial charge in [0.2, 0.25) is 23.6 Å². The van der Waals surface area contributed by atoms with E-state index in [1.807, 2.05) is 0 Å². The summed E-state index contributed by atoms with van der Waals surface area (Å²) in [4.78, 5) is 147. The number of hydrogen-bond acceptors (Lipinski definition) is 15. The molecule has 0 radical (unpaired) electrons. The van der Waals surface area contributed by atoms with Crippen molar-refractivity contribution in [2.45, 2.75) is 151 Å². The molecule has 1 atom stereocenters. The summed E-state index contributed by atoms with van der Waals surface area (Å²) in [6, 6.07) is 2.94. The lowest BCUT2D eigenvalue weighted by molar-refractivity contribution is -0.126. The number of Topliss-reactive ketones (excluding diaryl/α,β-unsaturated/α-hetero) is 4. The molecule has 23 heteroatoms. The fourth-order valence-corrected chi connectivity index (χ4v) is 8.75. The monoisotopic (exact) mass is 1060 g/mol. The first-order chi connectivity index (χ1) is 35.0. The number of hydrogen-bond donors (Lipinski definition) is 5. The molecule has 0 aliphatic carbocycles. The number of unbranched alkanes of at least 4 members (excludes halogenated alkanes) is 7. The topological polar surface area (TPSA) is 288 Å². The summed E-state index contributed by atoms with van der Waals surface area (Å²) in [6.07, 6.45) is 6.75. The molecule has 22 nitrogen and oxygen atoms in total. The highest BCUT2D eigenvalue weighted by molar-refractivity contribution is 7.44. The summed E-state index contributed by atoms with van der Waals surface area (Å²) < 4.78 is 14.4. The highest BCUT2D eigenvalue weighted by Gasteiger charge is 2.30. The maximum Gasteiger partial charge on any atom is 0.324 e. The molecule has 0 fully saturated rings. The predicted molar refractivity (Wildman–Crippen MR) is 283 cm³/mol. The minimum Gasteiger partial charge on any atom is -0.355 e. The number of imide groups is 1. The first kappa shape index (κ1) is 66.2. The van der Waals surface area contributed by atoms with Crippen LogP contribution in [0.1, 0.15) is 160 Å². The third kappa shape index (κ3) is 29.8. The van der Waals surface area contributed by atoms with Crippen LogP contribution in [0.2, 0.25) is 0 Å². The third-order valence-corrected chi connectivity index (χ3v) is 12.8. The molecule has 0 aliphatic rings. The van der Waals surface area contributed by atoms with E-state index in [4.69, 9.17) is 9.05 Å². The molecule has 0 aromatic heterocycles. The number of amides is 8. The van der Waals surface area contributed by atoms with Gasteiger partial charge >= 0.3 is 6.03 Å². The minimum atomic E-state index is -1.34. The van der Waals surface area contributed by atoms with Crippen LogP contribution in [0, 0.1) is 0 Å². The van der Waals surface area contributed by atoms with Gasteiger partial charge in [-0.3, -0.25) is 48.2 Å². The van der Waals surface area contributed by atoms with Crippen molar-refractivity contribution < 1.29 is 61.8 Å². The number of carbonyl (C=O) groups excluding carboxylic acids is 11. The molecule has 1 rings (SSSR count). The first-order valence-electron chi connectivity index (χ1n) is 25.4. The van der Waals surface area contributed by atoms with Crippen LogP contribution in [0.3, 0.4) is 0 Å². The van der Waals surface area contributed by atoms with Crippen molar-refractivity contribution in [3.05, 3.63) is 29.3 Å². The maximum absolute atomic E-state index is 14.5. The van der Waals surface area contributed by atoms with E-state index in [1.54, 1.807) is 0 Å². The molecule has 74 heavy (non-hydrogen) atoms. The van der Waals surface area contributed by atoms with Gasteiger partial charge < -0.3 is 50.1 Å². The molecule has 0 aliphatic heterocycles. The Kier molecular flexibility index (Phi) is 33.8. The zero-order valence-electron chi connectivity index (χ0n) is 44.9. The number of carbonyl (C=O) groups is 11. The standard InChI is InChI=1S/C51H82N9O13P/c1-36(2)60(37(3)4)74(73-27-25-52-9)72-26-19-11-10-16-22-45(65)57-44-29-42(49(69)58(34-47(67)55-31-40(7)63)33-46(66)53-23-17-12-14-20-38(5)61)28-43(30-44)50(70)59(35-48(68)56-32-41(8)64)51(71)54-24-18-13-15-21-39(6)62/h28-30,36-37H,9-27,31-35H2,1-8H3,(H,53,66)(H,54,71)(H,55,67)(H,56,68)(H,57,65). The SMILES string of the molecule is C=NCCOP(OCCCCCCC(=O)Nc1cc(C(=O)N(CC(=O)NCCCCCC(C)=O)CC(=O)NCC(C)=O)cc(C(=O)N(CC(=O)NCC(C)=O)C(=O)NCCCCCC(C)=O)c1)N(C(C)C)C(C)C. The predicted octanol–water partition coefficient (Wildman–Crippen LogP) is 5.07. The minimum absolute atomic E-state index is 0.0152. The second-order valence-electron chi connectivity index (χ2n) is 18.5. The normalized spacial score (nSPS) is 11.4. The number of benzene rings is 1. The van der Waals surface area contributed by atoms with Crippen molar-refractivity contribution in [1.29, 1.82) is 0 Å². The Balaban J connectivity index is 3.55. The summed E-state index contributed by atoms with van der Waals surface area (Å²) >= 11 is 0. The van der Waals surface area contributed by atoms with Crippen molar-refractivity contribution in [1.82, 2.24) is 35.7 Å². The Morgan fingerprint density at radius 1 is 0.541 bits per heavy atom. The lowest BCUT2D eigenvalue weighted by atomic mass is 10.1. The van der Waals surface area contributed by atoms with Gasteiger partial charge in [-0.15, -0.1) is 0 Å². The fourth-order valence-electron chi connectivity index (χ4n) is 7.13. The Labute approximate surface area is 438 Å². The molecule has 0 bridgehead atoms. The lowest BCUT2D eigenvalue weighted by Gasteiger charge is -2.35. The van der Waals surface area contributed by atoms with Gasteiger partial charge in [-0.05, 0) is 119 Å². The molecule has 0 heterocycles. The van der Waals surface area contributed by atoms with Crippen molar-refractivity contribution >= 4 is 85.5 Å². The Morgan fingerprint density at radius 2 is 1.01 bits per heavy atom. The van der Waals surface area contributed by atoms with Gasteiger partial charge in [-0.25, -0.2) is 9.46 Å². The van der Waals surface area contributed by atoms with Crippen LogP contribution in [0.4, 0.5) is 10.5 Å². The smallest absolute Gasteiger partial charge is 0.324 e. The van der Waals surface area contributed by atoms with Crippen LogP contribution < -0.4 is 26.6 Å². The van der Waals surface area contributed by atoms with Gasteiger partial charge in [0.05, 0.1) is 32.8 Å². The van der Waals surface area contributed by atoms with E-state index in [-0.39, 0.29) is 78.8 Å². The zero-order valence-corrected chi connectivity index (χ0v) is 45.8. The Hall–Kier alpha value is -5.83. The number of nitrogens with zero attached hydrogens (tertiary/aromatic N) is 4. The Bertz CT molecular complexity index is 2040. The molecule has 414 valence electrons. The Morgan fingerprint density at radius 3 is 1.54 bits per heavy atom. The molecule has 1 aromatic carbocycles. The zero-order chi connectivity index (χ0) is 55.6. The number of rotatable bonds is 40. The number of aliphatic imine (C=N–C) groups is 1. The van der Waals surface area contributed by atoms with E-state index in [0.29, 0.717) is 95.3 Å². The number of urea groups is 1. The first-order valence-corrected chi connectivity index (χ1v) is 26.6. The van der Waals surface area contributed by atoms with E-state index in [0.717, 1.165) is 17.4 Å². The maximum atomic E-state index is 14.5. The van der Waals surface area contributed by atoms with Crippen molar-refractivity contribution in [3.8, 4) is 0 Å². The summed E-state index contributed by atoms with van der Waals surface area (Å²) in [6.45, 7) is 15.9. The number of nitrogens with one attached hydrogen (secondary N) is 5. The second kappa shape index (κ2) is 37.8. The quantitative estimate of drug-likeness (QED) is 0.0326. The van der Waals surface area contributed by atoms with E-state index in [9.17, 15) is 52.7 Å². The van der Waals surface area contributed by atoms with Crippen LogP contribution in [-0.2, 0) is 47.4 Å². The average molecular weight is 1060 g/mol. The second-order valence-corrected chi connectivity index (χ2v) is 20.0. The van der Waals surface area contributed by atoms with Gasteiger partial charge in [0.1, 0.15) is 42.8 Å². The van der Waals surface area contributed by atoms with Crippen molar-refractivity contribution in [2.75, 3.05) is 70.9 Å². The molecule has 8 amide bonds. The average Bonchev–Trinajstić information content (AvgIpc) is 3.32. The molecule has 1 unspecified atom stereocenters. The van der Waals surface area contributed by atoms with Gasteiger partial charge in [-0.2, -0.15) is 0 Å². The number of anilines is 1. The molecule has 0 spiro atoms. The summed E-state index contributed by atoms with van der Waals surface area (Å²) in [5.74, 6) is -5.47. The molecule has 0 saturated carbocycles. The molecule has 0 saturated heterocycles. The number of ketones is 4. The highest BCUT2D eigenvalue weighted by Crippen LogP contribution is 2.46. The van der Waals surface area contributed by atoms with Crippen LogP contribution in [-0.4, -0.2) is 163 Å². The highest BCUT2D eigenvalue weighted by atomic mass is 31.2. The van der Waals surface area contributed by atoms with E-state index in [2.05, 4.69) is 70.7 Å². The summed E-state index contributed by atoms with van der Waals surface area (Å²) in [5.41, 5.74) is -0.677. The molecule has 1 aromatic rings. The summed E-state index contributed by atoms with van der Waals surface area (Å²) in [7, 11) is -1.34. The van der Waals surface area contributed by atoms with E-state index >= 15 is 0 Å².